The van der Waals surface area contributed by atoms with Crippen LogP contribution < -0.4 is 32.0 Å². The van der Waals surface area contributed by atoms with Gasteiger partial charge < -0.3 is 75.0 Å². The fourth-order valence-corrected chi connectivity index (χ4v) is 7.84. The van der Waals surface area contributed by atoms with Crippen molar-refractivity contribution in [3.05, 3.63) is 102 Å². The van der Waals surface area contributed by atoms with Crippen LogP contribution in [0.1, 0.15) is 65.4 Å². The summed E-state index contributed by atoms with van der Waals surface area (Å²) in [5.41, 5.74) is 18.3. The van der Waals surface area contributed by atoms with E-state index < -0.39 is 68.2 Å². The van der Waals surface area contributed by atoms with Crippen molar-refractivity contribution < 1.29 is 56.6 Å². The van der Waals surface area contributed by atoms with Gasteiger partial charge in [0.05, 0.1) is 52.1 Å². The zero-order valence-corrected chi connectivity index (χ0v) is 42.5. The zero-order valence-electron chi connectivity index (χ0n) is 42.5. The Morgan fingerprint density at radius 1 is 0.667 bits per heavy atom. The molecule has 0 radical (unpaired) electrons. The van der Waals surface area contributed by atoms with Gasteiger partial charge in [0.1, 0.15) is 25.1 Å². The minimum Gasteiger partial charge on any atom is -0.467 e. The lowest BCUT2D eigenvalue weighted by Gasteiger charge is -2.31. The highest BCUT2D eigenvalue weighted by Gasteiger charge is 2.31. The average Bonchev–Trinajstić information content (AvgIpc) is 4.21. The highest BCUT2D eigenvalue weighted by Crippen LogP contribution is 2.33. The Bertz CT molecular complexity index is 2520. The third-order valence-electron chi connectivity index (χ3n) is 11.8. The summed E-state index contributed by atoms with van der Waals surface area (Å²) in [4.78, 5) is 109. The van der Waals surface area contributed by atoms with E-state index in [0.29, 0.717) is 81.2 Å². The number of fused-ring (bicyclic) bond motifs is 1. The molecule has 7 amide bonds. The molecule has 2 aromatic heterocycles. The summed E-state index contributed by atoms with van der Waals surface area (Å²) in [7, 11) is 1.61. The zero-order chi connectivity index (χ0) is 54.0. The molecule has 0 atom stereocenters. The second kappa shape index (κ2) is 31.1. The number of terminal acetylenes is 1. The molecular formula is C52H69N11O12. The number of aromatic nitrogens is 1. The van der Waals surface area contributed by atoms with Gasteiger partial charge in [0.15, 0.2) is 17.2 Å². The number of nitrogens with two attached hydrogens (primary N) is 3. The van der Waals surface area contributed by atoms with Crippen LogP contribution in [0.25, 0.3) is 0 Å². The molecule has 0 spiro atoms. The SMILES string of the molecule is C#CCN(CC(=O)N(CCCCN)CC(=O)N(CC(N)=O)Cc1ccco1)C(=O)CN(CCCCN)C(=O)CN(Cc1ccc2c(c1)OCO2)C(=O)c1coc(CN(Cc2ccccc2)C(=O)CNCCCOC)n1. The first kappa shape index (κ1) is 58.1. The largest absolute Gasteiger partial charge is 0.467 e. The maximum atomic E-state index is 14.6. The first-order chi connectivity index (χ1) is 36.3. The number of benzene rings is 2. The molecule has 7 N–H and O–H groups in total. The fourth-order valence-electron chi connectivity index (χ4n) is 7.84. The standard InChI is InChI=1S/C52H69N11O12/c1-3-21-58(33-49(67)60(23-10-8-19-54)35-51(69)62(31-45(55)64)30-41-15-11-25-72-41)48(66)34-59(22-9-7-18-53)50(68)36-63(29-40-16-17-43-44(26-40)75-38-74-43)52(70)42-37-73-46(57-42)32-61(28-39-13-5-4-6-14-39)47(65)27-56-20-12-24-71-2/h1,4-6,11,13-17,25-26,37,56H,7-10,12,18-24,27-36,38,53-54H2,2H3,(H2,55,64). The molecule has 0 saturated carbocycles. The Hall–Kier alpha value is -7.78. The summed E-state index contributed by atoms with van der Waals surface area (Å²) in [5.74, 6) is -0.396. The van der Waals surface area contributed by atoms with Gasteiger partial charge in [0, 0.05) is 39.9 Å². The van der Waals surface area contributed by atoms with E-state index in [9.17, 15) is 33.6 Å². The molecule has 1 aliphatic rings. The molecule has 1 aliphatic heterocycles. The van der Waals surface area contributed by atoms with Crippen LogP contribution in [0.3, 0.4) is 0 Å². The Morgan fingerprint density at radius 2 is 1.31 bits per heavy atom. The number of methoxy groups -OCH3 is 1. The summed E-state index contributed by atoms with van der Waals surface area (Å²) >= 11 is 0. The number of carbonyl (C=O) groups is 7. The Morgan fingerprint density at radius 3 is 1.95 bits per heavy atom. The summed E-state index contributed by atoms with van der Waals surface area (Å²) < 4.78 is 27.4. The van der Waals surface area contributed by atoms with Crippen LogP contribution >= 0.6 is 0 Å². The fraction of sp³-hybridized carbons (Fsp3) is 0.462. The molecule has 23 heteroatoms. The average molecular weight is 1040 g/mol. The van der Waals surface area contributed by atoms with Crippen LogP contribution in [0.15, 0.2) is 82.0 Å². The van der Waals surface area contributed by atoms with Crippen molar-refractivity contribution in [1.82, 2.24) is 39.7 Å². The van der Waals surface area contributed by atoms with Gasteiger partial charge in [-0.15, -0.1) is 6.42 Å². The number of carbonyl (C=O) groups excluding carboxylic acids is 7. The van der Waals surface area contributed by atoms with Crippen molar-refractivity contribution >= 4 is 41.4 Å². The number of furan rings is 1. The molecule has 2 aromatic carbocycles. The Labute approximate surface area is 436 Å². The van der Waals surface area contributed by atoms with E-state index in [1.165, 1.54) is 27.2 Å². The maximum absolute atomic E-state index is 14.6. The normalized spacial score (nSPS) is 11.4. The third-order valence-corrected chi connectivity index (χ3v) is 11.8. The minimum atomic E-state index is -0.773. The van der Waals surface area contributed by atoms with E-state index in [2.05, 4.69) is 16.2 Å². The Balaban J connectivity index is 1.35. The number of nitrogens with one attached hydrogen (secondary N) is 1. The van der Waals surface area contributed by atoms with Crippen LogP contribution in [0.2, 0.25) is 0 Å². The molecule has 0 unspecified atom stereocenters. The molecule has 0 bridgehead atoms. The smallest absolute Gasteiger partial charge is 0.276 e. The van der Waals surface area contributed by atoms with Crippen LogP contribution in [0.5, 0.6) is 11.5 Å². The molecule has 404 valence electrons. The molecule has 0 saturated heterocycles. The van der Waals surface area contributed by atoms with Gasteiger partial charge in [-0.25, -0.2) is 4.98 Å². The molecule has 3 heterocycles. The number of nitrogens with zero attached hydrogens (tertiary/aromatic N) is 7. The van der Waals surface area contributed by atoms with Crippen molar-refractivity contribution in [1.29, 1.82) is 0 Å². The Kier molecular flexibility index (Phi) is 24.1. The lowest BCUT2D eigenvalue weighted by Crippen LogP contribution is -2.51. The van der Waals surface area contributed by atoms with Crippen molar-refractivity contribution in [3.8, 4) is 23.8 Å². The number of hydrogen-bond acceptors (Lipinski definition) is 16. The van der Waals surface area contributed by atoms with Crippen molar-refractivity contribution in [2.75, 3.05) is 99.0 Å². The first-order valence-electron chi connectivity index (χ1n) is 24.7. The number of ether oxygens (including phenoxy) is 3. The van der Waals surface area contributed by atoms with Gasteiger partial charge in [-0.3, -0.25) is 33.6 Å². The number of primary amides is 1. The number of hydrogen-bond donors (Lipinski definition) is 4. The van der Waals surface area contributed by atoms with Crippen molar-refractivity contribution in [3.63, 3.8) is 0 Å². The summed E-state index contributed by atoms with van der Waals surface area (Å²) in [6.45, 7) is -0.985. The molecular weight excluding hydrogens is 971 g/mol. The van der Waals surface area contributed by atoms with Crippen molar-refractivity contribution in [2.24, 2.45) is 17.2 Å². The van der Waals surface area contributed by atoms with E-state index in [-0.39, 0.29) is 76.6 Å². The van der Waals surface area contributed by atoms with E-state index in [4.69, 9.17) is 46.7 Å². The van der Waals surface area contributed by atoms with Crippen molar-refractivity contribution in [2.45, 2.75) is 58.3 Å². The van der Waals surface area contributed by atoms with Gasteiger partial charge in [-0.2, -0.15) is 0 Å². The summed E-state index contributed by atoms with van der Waals surface area (Å²) in [6.07, 6.45) is 10.9. The predicted octanol–water partition coefficient (Wildman–Crippen LogP) is 0.905. The number of unbranched alkanes of at least 4 members (excludes halogenated alkanes) is 2. The molecule has 0 aliphatic carbocycles. The van der Waals surface area contributed by atoms with Gasteiger partial charge >= 0.3 is 0 Å². The molecule has 75 heavy (non-hydrogen) atoms. The van der Waals surface area contributed by atoms with E-state index >= 15 is 0 Å². The number of oxazole rings is 1. The summed E-state index contributed by atoms with van der Waals surface area (Å²) in [5, 5.41) is 3.14. The molecule has 4 aromatic rings. The monoisotopic (exact) mass is 1040 g/mol. The predicted molar refractivity (Wildman–Crippen MR) is 272 cm³/mol. The number of amides is 7. The van der Waals surface area contributed by atoms with Gasteiger partial charge in [0.2, 0.25) is 48.1 Å². The topological polar surface area (TPSA) is 296 Å². The third kappa shape index (κ3) is 19.2. The maximum Gasteiger partial charge on any atom is 0.276 e. The lowest BCUT2D eigenvalue weighted by molar-refractivity contribution is -0.146. The highest BCUT2D eigenvalue weighted by atomic mass is 16.7. The second-order valence-electron chi connectivity index (χ2n) is 17.6. The minimum absolute atomic E-state index is 0.00982. The van der Waals surface area contributed by atoms with E-state index in [1.807, 2.05) is 30.3 Å². The quantitative estimate of drug-likeness (QED) is 0.0373. The second-order valence-corrected chi connectivity index (χ2v) is 17.6. The van der Waals surface area contributed by atoms with Gasteiger partial charge in [-0.05, 0) is 87.1 Å². The van der Waals surface area contributed by atoms with Gasteiger partial charge in [-0.1, -0.05) is 42.3 Å². The van der Waals surface area contributed by atoms with Gasteiger partial charge in [0.25, 0.3) is 5.91 Å². The van der Waals surface area contributed by atoms with Crippen LogP contribution in [0, 0.1) is 12.3 Å². The summed E-state index contributed by atoms with van der Waals surface area (Å²) in [6, 6.07) is 17.7. The van der Waals surface area contributed by atoms with E-state index in [1.54, 1.807) is 42.3 Å². The first-order valence-corrected chi connectivity index (χ1v) is 24.7. The highest BCUT2D eigenvalue weighted by molar-refractivity contribution is 5.96. The molecule has 5 rings (SSSR count). The van der Waals surface area contributed by atoms with Crippen LogP contribution in [-0.4, -0.2) is 175 Å². The van der Waals surface area contributed by atoms with Crippen LogP contribution in [0.4, 0.5) is 0 Å². The van der Waals surface area contributed by atoms with E-state index in [0.717, 1.165) is 15.4 Å². The lowest BCUT2D eigenvalue weighted by atomic mass is 10.1. The molecule has 0 fully saturated rings. The molecule has 23 nitrogen and oxygen atoms in total. The van der Waals surface area contributed by atoms with Crippen LogP contribution in [-0.2, 0) is 59.7 Å². The number of rotatable bonds is 34.